The molecule has 1 N–H and O–H groups in total. The Morgan fingerprint density at radius 3 is 2.63 bits per heavy atom. The van der Waals surface area contributed by atoms with Crippen LogP contribution in [-0.4, -0.2) is 20.2 Å². The summed E-state index contributed by atoms with van der Waals surface area (Å²) in [6.07, 6.45) is 3.47. The fourth-order valence-corrected chi connectivity index (χ4v) is 2.04. The van der Waals surface area contributed by atoms with E-state index in [1.165, 1.54) is 23.1 Å². The lowest BCUT2D eigenvalue weighted by atomic mass is 9.99. The number of aryl methyl sites for hydroxylation is 1. The molecule has 0 heterocycles. The largest absolute Gasteiger partial charge is 0.496 e. The predicted octanol–water partition coefficient (Wildman–Crippen LogP) is 4.04. The van der Waals surface area contributed by atoms with Crippen molar-refractivity contribution >= 4 is 6.08 Å². The number of hydrogen-bond donors (Lipinski definition) is 1. The molecule has 0 aliphatic carbocycles. The van der Waals surface area contributed by atoms with Crippen LogP contribution >= 0.6 is 0 Å². The van der Waals surface area contributed by atoms with E-state index in [-0.39, 0.29) is 0 Å². The van der Waals surface area contributed by atoms with Gasteiger partial charge >= 0.3 is 0 Å². The summed E-state index contributed by atoms with van der Waals surface area (Å²) in [7, 11) is 1.71. The number of ether oxygens (including phenoxy) is 1. The summed E-state index contributed by atoms with van der Waals surface area (Å²) in [5, 5.41) is 3.48. The van der Waals surface area contributed by atoms with Gasteiger partial charge in [-0.25, -0.2) is 0 Å². The van der Waals surface area contributed by atoms with Crippen molar-refractivity contribution in [1.29, 1.82) is 0 Å². The quantitative estimate of drug-likeness (QED) is 0.748. The molecule has 0 unspecified atom stereocenters. The van der Waals surface area contributed by atoms with E-state index < -0.39 is 0 Å². The van der Waals surface area contributed by atoms with E-state index in [1.54, 1.807) is 7.11 Å². The van der Waals surface area contributed by atoms with Gasteiger partial charge in [-0.15, -0.1) is 0 Å². The molecule has 0 aliphatic rings. The van der Waals surface area contributed by atoms with Crippen LogP contribution in [0.15, 0.2) is 23.8 Å². The molecule has 2 heteroatoms. The molecule has 0 radical (unpaired) electrons. The summed E-state index contributed by atoms with van der Waals surface area (Å²) < 4.78 is 5.30. The first-order valence-electron chi connectivity index (χ1n) is 7.14. The molecular weight excluding hydrogens is 234 g/mol. The van der Waals surface area contributed by atoms with E-state index in [2.05, 4.69) is 51.2 Å². The van der Waals surface area contributed by atoms with Crippen LogP contribution in [0, 0.1) is 12.8 Å². The molecule has 106 valence electrons. The van der Waals surface area contributed by atoms with Crippen LogP contribution in [0.3, 0.4) is 0 Å². The van der Waals surface area contributed by atoms with Crippen molar-refractivity contribution in [2.24, 2.45) is 5.92 Å². The van der Waals surface area contributed by atoms with Crippen molar-refractivity contribution < 1.29 is 4.74 Å². The number of nitrogens with one attached hydrogen (secondary N) is 1. The zero-order valence-electron chi connectivity index (χ0n) is 12.9. The summed E-state index contributed by atoms with van der Waals surface area (Å²) in [5.74, 6) is 1.51. The van der Waals surface area contributed by atoms with Crippen LogP contribution in [0.1, 0.15) is 38.3 Å². The summed E-state index contributed by atoms with van der Waals surface area (Å²) in [4.78, 5) is 0. The third-order valence-electron chi connectivity index (χ3n) is 3.27. The third kappa shape index (κ3) is 5.07. The minimum atomic E-state index is 0.562. The molecule has 19 heavy (non-hydrogen) atoms. The first-order chi connectivity index (χ1) is 9.08. The van der Waals surface area contributed by atoms with Gasteiger partial charge in [0.2, 0.25) is 0 Å². The highest BCUT2D eigenvalue weighted by Gasteiger charge is 2.04. The maximum atomic E-state index is 5.30. The van der Waals surface area contributed by atoms with Crippen molar-refractivity contribution in [1.82, 2.24) is 5.32 Å². The Morgan fingerprint density at radius 1 is 1.37 bits per heavy atom. The SMILES string of the molecule is CCCNCC(=Cc1ccc(OC)c(C)c1)C(C)C. The molecule has 1 rings (SSSR count). The van der Waals surface area contributed by atoms with Gasteiger partial charge in [-0.3, -0.25) is 0 Å². The van der Waals surface area contributed by atoms with Gasteiger partial charge in [0.25, 0.3) is 0 Å². The minimum absolute atomic E-state index is 0.562. The average molecular weight is 261 g/mol. The molecule has 0 bridgehead atoms. The van der Waals surface area contributed by atoms with Gasteiger partial charge in [0.15, 0.2) is 0 Å². The van der Waals surface area contributed by atoms with E-state index >= 15 is 0 Å². The Balaban J connectivity index is 2.85. The van der Waals surface area contributed by atoms with Crippen LogP contribution in [0.25, 0.3) is 6.08 Å². The second kappa shape index (κ2) is 8.00. The number of benzene rings is 1. The Morgan fingerprint density at radius 2 is 2.11 bits per heavy atom. The van der Waals surface area contributed by atoms with Crippen molar-refractivity contribution in [2.75, 3.05) is 20.2 Å². The van der Waals surface area contributed by atoms with E-state index in [0.717, 1.165) is 18.8 Å². The predicted molar refractivity (Wildman–Crippen MR) is 83.7 cm³/mol. The standard InChI is InChI=1S/C17H27NO/c1-6-9-18-12-16(13(2)3)11-15-7-8-17(19-5)14(4)10-15/h7-8,10-11,13,18H,6,9,12H2,1-5H3. The van der Waals surface area contributed by atoms with E-state index in [0.29, 0.717) is 5.92 Å². The lowest BCUT2D eigenvalue weighted by Gasteiger charge is -2.13. The third-order valence-corrected chi connectivity index (χ3v) is 3.27. The first-order valence-corrected chi connectivity index (χ1v) is 7.14. The Labute approximate surface area is 117 Å². The molecule has 0 aliphatic heterocycles. The highest BCUT2D eigenvalue weighted by molar-refractivity contribution is 5.56. The van der Waals surface area contributed by atoms with Crippen LogP contribution < -0.4 is 10.1 Å². The zero-order valence-corrected chi connectivity index (χ0v) is 12.9. The smallest absolute Gasteiger partial charge is 0.121 e. The zero-order chi connectivity index (χ0) is 14.3. The molecule has 0 aromatic heterocycles. The summed E-state index contributed by atoms with van der Waals surface area (Å²) in [5.41, 5.74) is 3.87. The maximum Gasteiger partial charge on any atom is 0.121 e. The van der Waals surface area contributed by atoms with Crippen molar-refractivity contribution in [3.63, 3.8) is 0 Å². The number of methoxy groups -OCH3 is 1. The molecule has 2 nitrogen and oxygen atoms in total. The summed E-state index contributed by atoms with van der Waals surface area (Å²) in [6, 6.07) is 6.34. The molecule has 1 aromatic rings. The van der Waals surface area contributed by atoms with Gasteiger partial charge in [-0.2, -0.15) is 0 Å². The topological polar surface area (TPSA) is 21.3 Å². The maximum absolute atomic E-state index is 5.30. The highest BCUT2D eigenvalue weighted by atomic mass is 16.5. The summed E-state index contributed by atoms with van der Waals surface area (Å²) in [6.45, 7) is 10.8. The lowest BCUT2D eigenvalue weighted by molar-refractivity contribution is 0.411. The number of rotatable bonds is 7. The van der Waals surface area contributed by atoms with Crippen LogP contribution in [0.2, 0.25) is 0 Å². The monoisotopic (exact) mass is 261 g/mol. The van der Waals surface area contributed by atoms with Gasteiger partial charge in [0.1, 0.15) is 5.75 Å². The van der Waals surface area contributed by atoms with Gasteiger partial charge in [-0.05, 0) is 49.1 Å². The van der Waals surface area contributed by atoms with E-state index in [9.17, 15) is 0 Å². The molecule has 0 amide bonds. The first kappa shape index (κ1) is 15.8. The molecule has 0 saturated carbocycles. The normalized spacial score (nSPS) is 12.0. The highest BCUT2D eigenvalue weighted by Crippen LogP contribution is 2.21. The second-order valence-corrected chi connectivity index (χ2v) is 5.28. The molecular formula is C17H27NO. The fourth-order valence-electron chi connectivity index (χ4n) is 2.04. The minimum Gasteiger partial charge on any atom is -0.496 e. The van der Waals surface area contributed by atoms with Crippen molar-refractivity contribution in [3.05, 3.63) is 34.9 Å². The Kier molecular flexibility index (Phi) is 6.65. The Bertz CT molecular complexity index is 421. The van der Waals surface area contributed by atoms with Crippen molar-refractivity contribution in [3.8, 4) is 5.75 Å². The molecule has 0 saturated heterocycles. The second-order valence-electron chi connectivity index (χ2n) is 5.28. The Hall–Kier alpha value is -1.28. The van der Waals surface area contributed by atoms with Crippen molar-refractivity contribution in [2.45, 2.75) is 34.1 Å². The fraction of sp³-hybridized carbons (Fsp3) is 0.529. The average Bonchev–Trinajstić information content (AvgIpc) is 2.38. The van der Waals surface area contributed by atoms with Gasteiger partial charge in [0.05, 0.1) is 7.11 Å². The molecule has 0 atom stereocenters. The lowest BCUT2D eigenvalue weighted by Crippen LogP contribution is -2.19. The summed E-state index contributed by atoms with van der Waals surface area (Å²) >= 11 is 0. The van der Waals surface area contributed by atoms with Crippen LogP contribution in [0.4, 0.5) is 0 Å². The van der Waals surface area contributed by atoms with Gasteiger partial charge in [0, 0.05) is 6.54 Å². The van der Waals surface area contributed by atoms with Gasteiger partial charge < -0.3 is 10.1 Å². The molecule has 0 spiro atoms. The van der Waals surface area contributed by atoms with Crippen LogP contribution in [-0.2, 0) is 0 Å². The van der Waals surface area contributed by atoms with Crippen LogP contribution in [0.5, 0.6) is 5.75 Å². The van der Waals surface area contributed by atoms with Gasteiger partial charge in [-0.1, -0.05) is 38.5 Å². The van der Waals surface area contributed by atoms with E-state index in [4.69, 9.17) is 4.74 Å². The molecule has 1 aromatic carbocycles. The van der Waals surface area contributed by atoms with E-state index in [1.807, 2.05) is 6.07 Å². The molecule has 0 fully saturated rings. The number of hydrogen-bond acceptors (Lipinski definition) is 2.